The maximum absolute atomic E-state index is 12.1. The molecule has 3 rings (SSSR count). The van der Waals surface area contributed by atoms with Crippen molar-refractivity contribution in [1.82, 2.24) is 5.32 Å². The maximum Gasteiger partial charge on any atom is 0.249 e. The van der Waals surface area contributed by atoms with Gasteiger partial charge in [-0.05, 0) is 35.2 Å². The van der Waals surface area contributed by atoms with Gasteiger partial charge in [0.25, 0.3) is 0 Å². The van der Waals surface area contributed by atoms with Crippen LogP contribution in [0.25, 0.3) is 10.1 Å². The van der Waals surface area contributed by atoms with E-state index >= 15 is 0 Å². The van der Waals surface area contributed by atoms with Gasteiger partial charge < -0.3 is 15.8 Å². The van der Waals surface area contributed by atoms with Gasteiger partial charge in [0, 0.05) is 17.8 Å². The van der Waals surface area contributed by atoms with Crippen LogP contribution >= 0.6 is 23.7 Å². The molecule has 0 bridgehead atoms. The number of hydrogen-bond donors (Lipinski definition) is 2. The number of fused-ring (bicyclic) bond motifs is 1. The molecule has 0 unspecified atom stereocenters. The molecule has 0 radical (unpaired) electrons. The molecule has 1 aromatic carbocycles. The summed E-state index contributed by atoms with van der Waals surface area (Å²) in [6, 6.07) is 8.23. The Bertz CT molecular complexity index is 616. The van der Waals surface area contributed by atoms with Crippen LogP contribution in [0.5, 0.6) is 0 Å². The molecule has 1 aliphatic rings. The van der Waals surface area contributed by atoms with Crippen molar-refractivity contribution in [2.45, 2.75) is 31.6 Å². The van der Waals surface area contributed by atoms with Crippen molar-refractivity contribution in [2.24, 2.45) is 5.73 Å². The van der Waals surface area contributed by atoms with Gasteiger partial charge in [0.2, 0.25) is 5.91 Å². The summed E-state index contributed by atoms with van der Waals surface area (Å²) in [5, 5.41) is 6.28. The zero-order valence-corrected chi connectivity index (χ0v) is 13.2. The Morgan fingerprint density at radius 1 is 1.38 bits per heavy atom. The van der Waals surface area contributed by atoms with Crippen LogP contribution in [0, 0.1) is 0 Å². The maximum atomic E-state index is 12.1. The smallest absolute Gasteiger partial charge is 0.249 e. The SMILES string of the molecule is Cl.NC[C@H]1CC[C@@H](C(=O)NCc2csc3ccccc23)O1. The Balaban J connectivity index is 0.00000161. The summed E-state index contributed by atoms with van der Waals surface area (Å²) in [6.07, 6.45) is 1.33. The number of nitrogens with two attached hydrogens (primary N) is 1. The minimum absolute atomic E-state index is 0. The summed E-state index contributed by atoms with van der Waals surface area (Å²) in [5.41, 5.74) is 6.71. The number of amides is 1. The lowest BCUT2D eigenvalue weighted by molar-refractivity contribution is -0.132. The van der Waals surface area contributed by atoms with Crippen LogP contribution in [0.4, 0.5) is 0 Å². The molecule has 1 aliphatic heterocycles. The van der Waals surface area contributed by atoms with E-state index in [1.807, 2.05) is 12.1 Å². The molecule has 3 N–H and O–H groups in total. The molecule has 1 fully saturated rings. The Labute approximate surface area is 134 Å². The Kier molecular flexibility index (Phi) is 5.58. The number of hydrogen-bond acceptors (Lipinski definition) is 4. The highest BCUT2D eigenvalue weighted by molar-refractivity contribution is 7.17. The fourth-order valence-corrected chi connectivity index (χ4v) is 3.50. The standard InChI is InChI=1S/C15H18N2O2S.ClH/c16-7-11-5-6-13(19-11)15(18)17-8-10-9-20-14-4-2-1-3-12(10)14;/h1-4,9,11,13H,5-8,16H2,(H,17,18);1H/t11-,13+;/m1./s1. The summed E-state index contributed by atoms with van der Waals surface area (Å²) >= 11 is 1.70. The number of rotatable bonds is 4. The normalized spacial score (nSPS) is 21.2. The van der Waals surface area contributed by atoms with E-state index in [0.717, 1.165) is 18.4 Å². The first-order valence-electron chi connectivity index (χ1n) is 6.86. The van der Waals surface area contributed by atoms with E-state index < -0.39 is 0 Å². The number of ether oxygens (including phenoxy) is 1. The third-order valence-corrected chi connectivity index (χ3v) is 4.69. The molecule has 6 heteroatoms. The van der Waals surface area contributed by atoms with Gasteiger partial charge in [0.1, 0.15) is 6.10 Å². The van der Waals surface area contributed by atoms with Gasteiger partial charge in [-0.15, -0.1) is 23.7 Å². The predicted octanol–water partition coefficient (Wildman–Crippen LogP) is 2.45. The molecular formula is C15H19ClN2O2S. The molecule has 21 heavy (non-hydrogen) atoms. The Morgan fingerprint density at radius 3 is 2.95 bits per heavy atom. The van der Waals surface area contributed by atoms with Crippen molar-refractivity contribution in [2.75, 3.05) is 6.54 Å². The predicted molar refractivity (Wildman–Crippen MR) is 87.9 cm³/mol. The van der Waals surface area contributed by atoms with E-state index in [9.17, 15) is 4.79 Å². The fourth-order valence-electron chi connectivity index (χ4n) is 2.54. The third-order valence-electron chi connectivity index (χ3n) is 3.68. The molecule has 2 aromatic rings. The number of nitrogens with one attached hydrogen (secondary N) is 1. The van der Waals surface area contributed by atoms with Crippen molar-refractivity contribution in [3.63, 3.8) is 0 Å². The number of benzene rings is 1. The average Bonchev–Trinajstić information content (AvgIpc) is 3.11. The van der Waals surface area contributed by atoms with E-state index in [1.165, 1.54) is 10.1 Å². The molecule has 1 aromatic heterocycles. The monoisotopic (exact) mass is 326 g/mol. The topological polar surface area (TPSA) is 64.4 Å². The van der Waals surface area contributed by atoms with Gasteiger partial charge in [0.15, 0.2) is 0 Å². The van der Waals surface area contributed by atoms with Crippen molar-refractivity contribution in [3.05, 3.63) is 35.2 Å². The molecule has 0 spiro atoms. The highest BCUT2D eigenvalue weighted by Crippen LogP contribution is 2.25. The first-order chi connectivity index (χ1) is 9.78. The Hall–Kier alpha value is -1.14. The van der Waals surface area contributed by atoms with Crippen LogP contribution in [0.15, 0.2) is 29.6 Å². The quantitative estimate of drug-likeness (QED) is 0.907. The highest BCUT2D eigenvalue weighted by Gasteiger charge is 2.29. The van der Waals surface area contributed by atoms with Gasteiger partial charge in [-0.1, -0.05) is 18.2 Å². The third kappa shape index (κ3) is 3.55. The van der Waals surface area contributed by atoms with E-state index in [-0.39, 0.29) is 30.5 Å². The largest absolute Gasteiger partial charge is 0.364 e. The first kappa shape index (κ1) is 16.2. The lowest BCUT2D eigenvalue weighted by atomic mass is 10.1. The lowest BCUT2D eigenvalue weighted by Gasteiger charge is -2.12. The molecule has 1 saturated heterocycles. The second-order valence-corrected chi connectivity index (χ2v) is 5.95. The van der Waals surface area contributed by atoms with Crippen molar-refractivity contribution < 1.29 is 9.53 Å². The number of carbonyl (C=O) groups excluding carboxylic acids is 1. The second-order valence-electron chi connectivity index (χ2n) is 5.03. The molecule has 2 heterocycles. The molecule has 1 amide bonds. The van der Waals surface area contributed by atoms with Crippen molar-refractivity contribution in [3.8, 4) is 0 Å². The van der Waals surface area contributed by atoms with Crippen LogP contribution < -0.4 is 11.1 Å². The summed E-state index contributed by atoms with van der Waals surface area (Å²) in [5.74, 6) is -0.0313. The van der Waals surface area contributed by atoms with E-state index in [1.54, 1.807) is 11.3 Å². The molecule has 2 atom stereocenters. The van der Waals surface area contributed by atoms with Gasteiger partial charge in [0.05, 0.1) is 6.10 Å². The molecule has 0 saturated carbocycles. The van der Waals surface area contributed by atoms with Gasteiger partial charge in [-0.25, -0.2) is 0 Å². The van der Waals surface area contributed by atoms with Gasteiger partial charge >= 0.3 is 0 Å². The summed E-state index contributed by atoms with van der Waals surface area (Å²) in [6.45, 7) is 1.04. The summed E-state index contributed by atoms with van der Waals surface area (Å²) in [4.78, 5) is 12.1. The van der Waals surface area contributed by atoms with Crippen LogP contribution in [-0.4, -0.2) is 24.7 Å². The van der Waals surface area contributed by atoms with E-state index in [4.69, 9.17) is 10.5 Å². The van der Waals surface area contributed by atoms with Gasteiger partial charge in [-0.2, -0.15) is 0 Å². The number of carbonyl (C=O) groups is 1. The number of halogens is 1. The fraction of sp³-hybridized carbons (Fsp3) is 0.400. The van der Waals surface area contributed by atoms with Crippen LogP contribution in [0.1, 0.15) is 18.4 Å². The summed E-state index contributed by atoms with van der Waals surface area (Å²) < 4.78 is 6.84. The van der Waals surface area contributed by atoms with Gasteiger partial charge in [-0.3, -0.25) is 4.79 Å². The Morgan fingerprint density at radius 2 is 2.19 bits per heavy atom. The molecule has 4 nitrogen and oxygen atoms in total. The number of thiophene rings is 1. The average molecular weight is 327 g/mol. The van der Waals surface area contributed by atoms with Crippen LogP contribution in [-0.2, 0) is 16.1 Å². The zero-order chi connectivity index (χ0) is 13.9. The first-order valence-corrected chi connectivity index (χ1v) is 7.74. The zero-order valence-electron chi connectivity index (χ0n) is 11.6. The molecular weight excluding hydrogens is 308 g/mol. The van der Waals surface area contributed by atoms with E-state index in [0.29, 0.717) is 13.1 Å². The lowest BCUT2D eigenvalue weighted by Crippen LogP contribution is -2.35. The van der Waals surface area contributed by atoms with Crippen molar-refractivity contribution >= 4 is 39.7 Å². The van der Waals surface area contributed by atoms with E-state index in [2.05, 4.69) is 22.8 Å². The van der Waals surface area contributed by atoms with Crippen molar-refractivity contribution in [1.29, 1.82) is 0 Å². The summed E-state index contributed by atoms with van der Waals surface area (Å²) in [7, 11) is 0. The van der Waals surface area contributed by atoms with Crippen LogP contribution in [0.2, 0.25) is 0 Å². The minimum Gasteiger partial charge on any atom is -0.364 e. The molecule has 0 aliphatic carbocycles. The minimum atomic E-state index is -0.339. The second kappa shape index (κ2) is 7.22. The highest BCUT2D eigenvalue weighted by atomic mass is 35.5. The molecule has 114 valence electrons. The van der Waals surface area contributed by atoms with Crippen LogP contribution in [0.3, 0.4) is 0 Å².